The Morgan fingerprint density at radius 3 is 1.95 bits per heavy atom. The Morgan fingerprint density at radius 2 is 1.50 bits per heavy atom. The van der Waals surface area contributed by atoms with E-state index in [1.54, 1.807) is 0 Å². The summed E-state index contributed by atoms with van der Waals surface area (Å²) in [7, 11) is 0. The molecule has 3 rings (SSSR count). The predicted octanol–water partition coefficient (Wildman–Crippen LogP) is 5.98. The molecule has 0 aromatic heterocycles. The zero-order valence-electron chi connectivity index (χ0n) is 12.4. The molecular weight excluding hydrogens is 337 g/mol. The third-order valence-corrected chi connectivity index (χ3v) is 5.09. The second-order valence-electron chi connectivity index (χ2n) is 5.93. The molecule has 0 bridgehead atoms. The highest BCUT2D eigenvalue weighted by atomic mass is 35.5. The Labute approximate surface area is 145 Å². The molecule has 0 spiro atoms. The minimum absolute atomic E-state index is 0.177. The van der Waals surface area contributed by atoms with Crippen molar-refractivity contribution in [2.75, 3.05) is 17.2 Å². The summed E-state index contributed by atoms with van der Waals surface area (Å²) in [5.74, 6) is 0.630. The normalized spacial score (nSPS) is 15.4. The van der Waals surface area contributed by atoms with Crippen LogP contribution in [0.25, 0.3) is 0 Å². The maximum Gasteiger partial charge on any atom is 0.0453 e. The fourth-order valence-corrected chi connectivity index (χ4v) is 3.74. The van der Waals surface area contributed by atoms with Crippen molar-refractivity contribution in [3.63, 3.8) is 0 Å². The lowest BCUT2D eigenvalue weighted by atomic mass is 9.73. The number of nitrogens with zero attached hydrogens (tertiary/aromatic N) is 1. The van der Waals surface area contributed by atoms with Crippen LogP contribution < -0.4 is 4.90 Å². The van der Waals surface area contributed by atoms with Crippen LogP contribution in [0.5, 0.6) is 0 Å². The van der Waals surface area contributed by atoms with Gasteiger partial charge in [-0.3, -0.25) is 0 Å². The molecule has 0 unspecified atom stereocenters. The molecule has 116 valence electrons. The van der Waals surface area contributed by atoms with E-state index in [0.29, 0.717) is 5.75 Å². The third-order valence-electron chi connectivity index (χ3n) is 4.25. The second-order valence-corrected chi connectivity index (χ2v) is 7.47. The maximum absolute atomic E-state index is 9.13. The van der Waals surface area contributed by atoms with Gasteiger partial charge in [-0.05, 0) is 59.6 Å². The highest BCUT2D eigenvalue weighted by Gasteiger charge is 2.36. The quantitative estimate of drug-likeness (QED) is 0.686. The molecule has 2 aromatic carbocycles. The minimum Gasteiger partial charge on any atom is -0.340 e. The van der Waals surface area contributed by atoms with E-state index in [1.807, 2.05) is 24.3 Å². The van der Waals surface area contributed by atoms with E-state index in [2.05, 4.69) is 30.9 Å². The molecule has 2 nitrogen and oxygen atoms in total. The molecule has 0 saturated heterocycles. The van der Waals surface area contributed by atoms with E-state index in [1.165, 1.54) is 11.1 Å². The fraction of sp³-hybridized carbons (Fsp3) is 0.294. The zero-order valence-corrected chi connectivity index (χ0v) is 14.8. The van der Waals surface area contributed by atoms with Crippen molar-refractivity contribution in [3.8, 4) is 0 Å². The fourth-order valence-electron chi connectivity index (χ4n) is 3.14. The van der Waals surface area contributed by atoms with Gasteiger partial charge in [0.2, 0.25) is 0 Å². The van der Waals surface area contributed by atoms with Gasteiger partial charge >= 0.3 is 0 Å². The molecule has 1 heterocycles. The lowest BCUT2D eigenvalue weighted by Gasteiger charge is -2.42. The van der Waals surface area contributed by atoms with E-state index in [-0.39, 0.29) is 5.41 Å². The van der Waals surface area contributed by atoms with Gasteiger partial charge in [-0.25, -0.2) is 0 Å². The molecule has 0 atom stereocenters. The lowest BCUT2D eigenvalue weighted by molar-refractivity contribution is 0.625. The molecule has 22 heavy (non-hydrogen) atoms. The smallest absolute Gasteiger partial charge is 0.0453 e. The van der Waals surface area contributed by atoms with E-state index in [4.69, 9.17) is 27.8 Å². The molecule has 0 amide bonds. The summed E-state index contributed by atoms with van der Waals surface area (Å²) in [6, 6.07) is 12.0. The number of benzene rings is 2. The number of fused-ring (bicyclic) bond motifs is 2. The van der Waals surface area contributed by atoms with Crippen LogP contribution >= 0.6 is 35.2 Å². The average molecular weight is 354 g/mol. The second kappa shape index (κ2) is 5.97. The molecule has 0 aliphatic carbocycles. The molecule has 1 N–H and O–H groups in total. The number of hydrogen-bond acceptors (Lipinski definition) is 3. The molecule has 0 fully saturated rings. The van der Waals surface area contributed by atoms with Crippen molar-refractivity contribution in [2.45, 2.75) is 19.3 Å². The molecule has 0 saturated carbocycles. The van der Waals surface area contributed by atoms with Crippen LogP contribution in [-0.2, 0) is 5.41 Å². The van der Waals surface area contributed by atoms with Gasteiger partial charge in [0.25, 0.3) is 0 Å². The number of rotatable bonds is 3. The van der Waals surface area contributed by atoms with Gasteiger partial charge < -0.3 is 9.45 Å². The Bertz CT molecular complexity index is 662. The lowest BCUT2D eigenvalue weighted by Crippen LogP contribution is -2.34. The summed E-state index contributed by atoms with van der Waals surface area (Å²) < 4.78 is 9.13. The van der Waals surface area contributed by atoms with Crippen molar-refractivity contribution < 1.29 is 4.55 Å². The van der Waals surface area contributed by atoms with Gasteiger partial charge in [0, 0.05) is 39.1 Å². The van der Waals surface area contributed by atoms with Crippen LogP contribution in [0, 0.1) is 0 Å². The van der Waals surface area contributed by atoms with Crippen LogP contribution in [-0.4, -0.2) is 16.9 Å². The molecule has 5 heteroatoms. The molecule has 0 radical (unpaired) electrons. The monoisotopic (exact) mass is 353 g/mol. The summed E-state index contributed by atoms with van der Waals surface area (Å²) in [4.78, 5) is 2.23. The first kappa shape index (κ1) is 16.0. The summed E-state index contributed by atoms with van der Waals surface area (Å²) >= 11 is 13.3. The number of anilines is 2. The first-order chi connectivity index (χ1) is 10.4. The average Bonchev–Trinajstić information content (AvgIpc) is 2.48. The van der Waals surface area contributed by atoms with E-state index in [9.17, 15) is 0 Å². The summed E-state index contributed by atoms with van der Waals surface area (Å²) in [6.45, 7) is 5.10. The first-order valence-corrected chi connectivity index (χ1v) is 8.79. The van der Waals surface area contributed by atoms with Crippen LogP contribution in [0.15, 0.2) is 36.4 Å². The summed E-state index contributed by atoms with van der Waals surface area (Å²) in [5, 5.41) is 1.46. The van der Waals surface area contributed by atoms with Crippen molar-refractivity contribution >= 4 is 46.6 Å². The predicted molar refractivity (Wildman–Crippen MR) is 97.1 cm³/mol. The van der Waals surface area contributed by atoms with Crippen LogP contribution in [0.4, 0.5) is 11.4 Å². The minimum atomic E-state index is -0.177. The van der Waals surface area contributed by atoms with Crippen molar-refractivity contribution in [1.29, 1.82) is 0 Å². The van der Waals surface area contributed by atoms with Crippen molar-refractivity contribution in [1.82, 2.24) is 0 Å². The van der Waals surface area contributed by atoms with Crippen LogP contribution in [0.3, 0.4) is 0 Å². The van der Waals surface area contributed by atoms with Crippen LogP contribution in [0.1, 0.15) is 25.0 Å². The topological polar surface area (TPSA) is 23.5 Å². The van der Waals surface area contributed by atoms with Gasteiger partial charge in [-0.2, -0.15) is 0 Å². The van der Waals surface area contributed by atoms with E-state index >= 15 is 0 Å². The third kappa shape index (κ3) is 2.61. The standard InChI is InChI=1S/C17H17Cl2NOS/c1-17(2)13-9-11(18)3-5-15(13)20(7-8-22-21)16-6-4-12(19)10-14(16)17/h3-6,9-10,21H,7-8H2,1-2H3. The number of halogens is 2. The van der Waals surface area contributed by atoms with Gasteiger partial charge in [-0.1, -0.05) is 37.0 Å². The first-order valence-electron chi connectivity index (χ1n) is 7.09. The summed E-state index contributed by atoms with van der Waals surface area (Å²) in [5.41, 5.74) is 4.45. The Balaban J connectivity index is 2.23. The van der Waals surface area contributed by atoms with Crippen molar-refractivity contribution in [2.24, 2.45) is 0 Å². The van der Waals surface area contributed by atoms with Crippen molar-refractivity contribution in [3.05, 3.63) is 57.6 Å². The SMILES string of the molecule is CC1(C)c2cc(Cl)ccc2N(CCSO)c2ccc(Cl)cc21. The largest absolute Gasteiger partial charge is 0.340 e. The van der Waals surface area contributed by atoms with Gasteiger partial charge in [-0.15, -0.1) is 0 Å². The van der Waals surface area contributed by atoms with Gasteiger partial charge in [0.05, 0.1) is 0 Å². The molecule has 2 aromatic rings. The maximum atomic E-state index is 9.13. The highest BCUT2D eigenvalue weighted by molar-refractivity contribution is 7.93. The molecule has 1 aliphatic heterocycles. The highest BCUT2D eigenvalue weighted by Crippen LogP contribution is 2.50. The van der Waals surface area contributed by atoms with Crippen LogP contribution in [0.2, 0.25) is 10.0 Å². The zero-order chi connectivity index (χ0) is 15.9. The molecular formula is C17H17Cl2NOS. The Kier molecular flexibility index (Phi) is 4.34. The Hall–Kier alpha value is -0.870. The Morgan fingerprint density at radius 1 is 1.00 bits per heavy atom. The van der Waals surface area contributed by atoms with Gasteiger partial charge in [0.1, 0.15) is 0 Å². The summed E-state index contributed by atoms with van der Waals surface area (Å²) in [6.07, 6.45) is 0. The molecule has 1 aliphatic rings. The van der Waals surface area contributed by atoms with Gasteiger partial charge in [0.15, 0.2) is 0 Å². The van der Waals surface area contributed by atoms with E-state index < -0.39 is 0 Å². The number of hydrogen-bond donors (Lipinski definition) is 1. The van der Waals surface area contributed by atoms with E-state index in [0.717, 1.165) is 40.0 Å².